The zero-order chi connectivity index (χ0) is 22.1. The molecule has 2 amide bonds. The fourth-order valence-electron chi connectivity index (χ4n) is 4.13. The normalized spacial score (nSPS) is 17.4. The van der Waals surface area contributed by atoms with E-state index in [1.807, 2.05) is 44.7 Å². The molecule has 0 fully saturated rings. The van der Waals surface area contributed by atoms with Crippen molar-refractivity contribution in [2.45, 2.75) is 66.5 Å². The Bertz CT molecular complexity index is 912. The summed E-state index contributed by atoms with van der Waals surface area (Å²) >= 11 is 1.77. The molecule has 2 aromatic rings. The summed E-state index contributed by atoms with van der Waals surface area (Å²) in [5.41, 5.74) is 3.07. The maximum Gasteiger partial charge on any atom is 0.243 e. The van der Waals surface area contributed by atoms with Crippen molar-refractivity contribution in [2.75, 3.05) is 13.1 Å². The molecule has 1 aliphatic rings. The summed E-state index contributed by atoms with van der Waals surface area (Å²) in [4.78, 5) is 31.9. The lowest BCUT2D eigenvalue weighted by Gasteiger charge is -2.40. The summed E-state index contributed by atoms with van der Waals surface area (Å²) < 4.78 is 0. The maximum absolute atomic E-state index is 13.6. The minimum absolute atomic E-state index is 0.0259. The number of rotatable bonds is 5. The van der Waals surface area contributed by atoms with Crippen LogP contribution in [0.4, 0.5) is 0 Å². The van der Waals surface area contributed by atoms with Crippen molar-refractivity contribution in [3.8, 4) is 0 Å². The van der Waals surface area contributed by atoms with Crippen LogP contribution in [0.1, 0.15) is 68.6 Å². The van der Waals surface area contributed by atoms with Gasteiger partial charge in [-0.05, 0) is 54.8 Å². The van der Waals surface area contributed by atoms with Crippen LogP contribution in [0.3, 0.4) is 0 Å². The van der Waals surface area contributed by atoms with Gasteiger partial charge in [0.05, 0.1) is 6.04 Å². The molecule has 0 unspecified atom stereocenters. The first-order valence-electron chi connectivity index (χ1n) is 10.9. The van der Waals surface area contributed by atoms with Gasteiger partial charge in [-0.15, -0.1) is 11.3 Å². The van der Waals surface area contributed by atoms with Crippen molar-refractivity contribution < 1.29 is 9.59 Å². The van der Waals surface area contributed by atoms with Crippen LogP contribution in [-0.2, 0) is 16.0 Å². The molecule has 3 rings (SSSR count). The van der Waals surface area contributed by atoms with Gasteiger partial charge in [0.25, 0.3) is 0 Å². The van der Waals surface area contributed by atoms with Crippen LogP contribution in [0.5, 0.6) is 0 Å². The molecule has 4 nitrogen and oxygen atoms in total. The largest absolute Gasteiger partial charge is 0.330 e. The summed E-state index contributed by atoms with van der Waals surface area (Å²) in [7, 11) is 0. The molecule has 2 heterocycles. The number of aryl methyl sites for hydroxylation is 1. The average molecular weight is 427 g/mol. The van der Waals surface area contributed by atoms with Gasteiger partial charge < -0.3 is 9.80 Å². The molecule has 30 heavy (non-hydrogen) atoms. The molecule has 0 aliphatic carbocycles. The lowest BCUT2D eigenvalue weighted by atomic mass is 9.90. The molecule has 0 saturated carbocycles. The van der Waals surface area contributed by atoms with E-state index in [0.29, 0.717) is 6.54 Å². The standard InChI is InChI=1S/C25H34N2O2S/c1-7-18(3)27(24(29)25(4,5)6)16-22(28)26-14-12-21-20(13-15-30-21)23(26)19-11-9-8-10-17(19)2/h8-11,13,15,18,23H,7,12,14,16H2,1-6H3/t18-,23-/m0/s1. The molecule has 0 N–H and O–H groups in total. The van der Waals surface area contributed by atoms with Crippen molar-refractivity contribution >= 4 is 23.2 Å². The number of benzene rings is 1. The van der Waals surface area contributed by atoms with E-state index >= 15 is 0 Å². The molecule has 0 radical (unpaired) electrons. The first-order chi connectivity index (χ1) is 14.1. The van der Waals surface area contributed by atoms with Gasteiger partial charge in [0, 0.05) is 22.9 Å². The molecular weight excluding hydrogens is 392 g/mol. The summed E-state index contributed by atoms with van der Waals surface area (Å²) in [6.07, 6.45) is 1.70. The molecule has 162 valence electrons. The average Bonchev–Trinajstić information content (AvgIpc) is 3.18. The van der Waals surface area contributed by atoms with Gasteiger partial charge in [-0.25, -0.2) is 0 Å². The minimum Gasteiger partial charge on any atom is -0.330 e. The number of carbonyl (C=O) groups is 2. The number of hydrogen-bond acceptors (Lipinski definition) is 3. The van der Waals surface area contributed by atoms with Crippen LogP contribution < -0.4 is 0 Å². The van der Waals surface area contributed by atoms with Crippen LogP contribution in [0.25, 0.3) is 0 Å². The number of fused-ring (bicyclic) bond motifs is 1. The van der Waals surface area contributed by atoms with Crippen molar-refractivity contribution in [3.05, 3.63) is 57.3 Å². The Labute approximate surface area is 184 Å². The highest BCUT2D eigenvalue weighted by atomic mass is 32.1. The molecule has 0 saturated heterocycles. The smallest absolute Gasteiger partial charge is 0.243 e. The van der Waals surface area contributed by atoms with Crippen LogP contribution >= 0.6 is 11.3 Å². The van der Waals surface area contributed by atoms with Crippen molar-refractivity contribution in [1.82, 2.24) is 9.80 Å². The predicted molar refractivity (Wildman–Crippen MR) is 124 cm³/mol. The van der Waals surface area contributed by atoms with Crippen molar-refractivity contribution in [1.29, 1.82) is 0 Å². The predicted octanol–water partition coefficient (Wildman–Crippen LogP) is 5.20. The lowest BCUT2D eigenvalue weighted by molar-refractivity contribution is -0.148. The fourth-order valence-corrected chi connectivity index (χ4v) is 5.03. The van der Waals surface area contributed by atoms with Gasteiger partial charge in [0.1, 0.15) is 6.54 Å². The molecule has 0 spiro atoms. The molecule has 2 atom stereocenters. The maximum atomic E-state index is 13.6. The van der Waals surface area contributed by atoms with E-state index in [9.17, 15) is 9.59 Å². The van der Waals surface area contributed by atoms with Gasteiger partial charge in [-0.1, -0.05) is 52.0 Å². The minimum atomic E-state index is -0.512. The van der Waals surface area contributed by atoms with Gasteiger partial charge in [0.2, 0.25) is 11.8 Å². The van der Waals surface area contributed by atoms with Crippen LogP contribution in [-0.4, -0.2) is 40.7 Å². The molecule has 1 aromatic carbocycles. The number of thiophene rings is 1. The second kappa shape index (κ2) is 8.93. The van der Waals surface area contributed by atoms with E-state index in [1.165, 1.54) is 21.6 Å². The Kier molecular flexibility index (Phi) is 6.71. The Morgan fingerprint density at radius 2 is 1.90 bits per heavy atom. The zero-order valence-corrected chi connectivity index (χ0v) is 19.9. The fraction of sp³-hybridized carbons (Fsp3) is 0.520. The number of carbonyl (C=O) groups excluding carboxylic acids is 2. The van der Waals surface area contributed by atoms with Gasteiger partial charge in [-0.2, -0.15) is 0 Å². The monoisotopic (exact) mass is 426 g/mol. The molecule has 0 bridgehead atoms. The highest BCUT2D eigenvalue weighted by molar-refractivity contribution is 7.10. The molecule has 1 aliphatic heterocycles. The molecule has 1 aromatic heterocycles. The SMILES string of the molecule is CC[C@H](C)N(CC(=O)N1CCc2sccc2[C@@H]1c1ccccc1C)C(=O)C(C)(C)C. The molecule has 5 heteroatoms. The third kappa shape index (κ3) is 4.46. The Morgan fingerprint density at radius 1 is 1.20 bits per heavy atom. The zero-order valence-electron chi connectivity index (χ0n) is 19.1. The van der Waals surface area contributed by atoms with Gasteiger partial charge in [0.15, 0.2) is 0 Å². The first-order valence-corrected chi connectivity index (χ1v) is 11.8. The van der Waals surface area contributed by atoms with Gasteiger partial charge >= 0.3 is 0 Å². The van der Waals surface area contributed by atoms with Crippen molar-refractivity contribution in [2.24, 2.45) is 5.41 Å². The van der Waals surface area contributed by atoms with E-state index < -0.39 is 5.41 Å². The highest BCUT2D eigenvalue weighted by Gasteiger charge is 2.37. The summed E-state index contributed by atoms with van der Waals surface area (Å²) in [6.45, 7) is 12.8. The summed E-state index contributed by atoms with van der Waals surface area (Å²) in [5.74, 6) is 0.0591. The molecular formula is C25H34N2O2S. The second-order valence-corrected chi connectivity index (χ2v) is 10.3. The van der Waals surface area contributed by atoms with Crippen LogP contribution in [0.15, 0.2) is 35.7 Å². The van der Waals surface area contributed by atoms with Gasteiger partial charge in [-0.3, -0.25) is 9.59 Å². The Morgan fingerprint density at radius 3 is 2.53 bits per heavy atom. The second-order valence-electron chi connectivity index (χ2n) is 9.34. The van der Waals surface area contributed by atoms with Crippen LogP contribution in [0.2, 0.25) is 0 Å². The lowest BCUT2D eigenvalue weighted by Crippen LogP contribution is -2.51. The van der Waals surface area contributed by atoms with E-state index in [4.69, 9.17) is 0 Å². The third-order valence-corrected chi connectivity index (χ3v) is 7.10. The van der Waals surface area contributed by atoms with E-state index in [0.717, 1.165) is 12.8 Å². The van der Waals surface area contributed by atoms with Crippen LogP contribution in [0, 0.1) is 12.3 Å². The topological polar surface area (TPSA) is 40.6 Å². The van der Waals surface area contributed by atoms with E-state index in [1.54, 1.807) is 16.2 Å². The number of nitrogens with zero attached hydrogens (tertiary/aromatic N) is 2. The van der Waals surface area contributed by atoms with E-state index in [-0.39, 0.29) is 30.4 Å². The van der Waals surface area contributed by atoms with E-state index in [2.05, 4.69) is 37.4 Å². The Hall–Kier alpha value is -2.14. The third-order valence-electron chi connectivity index (χ3n) is 6.10. The number of hydrogen-bond donors (Lipinski definition) is 0. The Balaban J connectivity index is 1.95. The first kappa shape index (κ1) is 22.5. The number of amides is 2. The highest BCUT2D eigenvalue weighted by Crippen LogP contribution is 2.39. The van der Waals surface area contributed by atoms with Crippen molar-refractivity contribution in [3.63, 3.8) is 0 Å². The summed E-state index contributed by atoms with van der Waals surface area (Å²) in [6, 6.07) is 10.4. The quantitative estimate of drug-likeness (QED) is 0.659. The summed E-state index contributed by atoms with van der Waals surface area (Å²) in [5, 5.41) is 2.12.